The molecule has 3 N–H and O–H groups in total. The lowest BCUT2D eigenvalue weighted by molar-refractivity contribution is -0.116. The van der Waals surface area contributed by atoms with Crippen molar-refractivity contribution < 1.29 is 4.79 Å². The first-order valence-electron chi connectivity index (χ1n) is 7.36. The fourth-order valence-electron chi connectivity index (χ4n) is 2.38. The number of amides is 1. The number of anilines is 1. The van der Waals surface area contributed by atoms with Crippen molar-refractivity contribution in [2.24, 2.45) is 17.1 Å². The van der Waals surface area contributed by atoms with Crippen molar-refractivity contribution in [3.8, 4) is 0 Å². The zero-order valence-electron chi connectivity index (χ0n) is 13.4. The number of nitrogens with one attached hydrogen (secondary N) is 1. The van der Waals surface area contributed by atoms with Crippen LogP contribution in [0.4, 0.5) is 5.82 Å². The summed E-state index contributed by atoms with van der Waals surface area (Å²) in [5.74, 6) is 1.10. The zero-order valence-corrected chi connectivity index (χ0v) is 15.0. The zero-order chi connectivity index (χ0) is 16.0. The summed E-state index contributed by atoms with van der Waals surface area (Å²) in [6.07, 6.45) is 3.99. The average Bonchev–Trinajstić information content (AvgIpc) is 2.36. The molecule has 1 heterocycles. The van der Waals surface area contributed by atoms with E-state index in [1.54, 1.807) is 6.20 Å². The van der Waals surface area contributed by atoms with Gasteiger partial charge < -0.3 is 11.1 Å². The lowest BCUT2D eigenvalue weighted by Gasteiger charge is -2.30. The molecule has 0 saturated heterocycles. The third-order valence-electron chi connectivity index (χ3n) is 3.76. The number of pyridine rings is 1. The van der Waals surface area contributed by atoms with E-state index >= 15 is 0 Å². The first-order valence-corrected chi connectivity index (χ1v) is 8.15. The summed E-state index contributed by atoms with van der Waals surface area (Å²) < 4.78 is 0.911. The molecule has 0 aliphatic heterocycles. The van der Waals surface area contributed by atoms with Crippen molar-refractivity contribution in [3.63, 3.8) is 0 Å². The Morgan fingerprint density at radius 1 is 1.43 bits per heavy atom. The smallest absolute Gasteiger partial charge is 0.225 e. The lowest BCUT2D eigenvalue weighted by Crippen LogP contribution is -2.25. The van der Waals surface area contributed by atoms with Crippen LogP contribution in [-0.2, 0) is 4.79 Å². The lowest BCUT2D eigenvalue weighted by atomic mass is 9.76. The number of nitrogens with zero attached hydrogens (tertiary/aromatic N) is 1. The number of hydrogen-bond acceptors (Lipinski definition) is 3. The fourth-order valence-corrected chi connectivity index (χ4v) is 2.83. The molecule has 1 aromatic heterocycles. The minimum absolute atomic E-state index is 0.0131. The summed E-state index contributed by atoms with van der Waals surface area (Å²) in [6.45, 7) is 9.19. The van der Waals surface area contributed by atoms with Gasteiger partial charge in [-0.1, -0.05) is 20.8 Å². The Morgan fingerprint density at radius 3 is 2.62 bits per heavy atom. The number of halogens is 1. The molecule has 1 rings (SSSR count). The van der Waals surface area contributed by atoms with E-state index in [0.29, 0.717) is 24.7 Å². The first kappa shape index (κ1) is 18.1. The molecule has 0 aliphatic rings. The fraction of sp³-hybridized carbons (Fsp3) is 0.625. The number of rotatable bonds is 6. The van der Waals surface area contributed by atoms with Gasteiger partial charge in [-0.2, -0.15) is 0 Å². The minimum atomic E-state index is 0.0131. The highest BCUT2D eigenvalue weighted by Gasteiger charge is 2.24. The maximum Gasteiger partial charge on any atom is 0.225 e. The van der Waals surface area contributed by atoms with Gasteiger partial charge in [-0.15, -0.1) is 0 Å². The predicted octanol–water partition coefficient (Wildman–Crippen LogP) is 3.88. The standard InChI is InChI=1S/C16H26BrN3O/c1-11-9-13(17)10-19-15(11)20-14(21)6-5-12(7-8-18)16(2,3)4/h9-10,12H,5-8,18H2,1-4H3,(H,19,20,21). The van der Waals surface area contributed by atoms with Gasteiger partial charge in [-0.25, -0.2) is 4.98 Å². The van der Waals surface area contributed by atoms with Crippen LogP contribution in [0.5, 0.6) is 0 Å². The molecule has 0 aromatic carbocycles. The van der Waals surface area contributed by atoms with E-state index in [4.69, 9.17) is 5.73 Å². The van der Waals surface area contributed by atoms with Crippen LogP contribution in [0, 0.1) is 18.3 Å². The van der Waals surface area contributed by atoms with Crippen LogP contribution in [0.1, 0.15) is 45.6 Å². The second-order valence-corrected chi connectivity index (χ2v) is 7.46. The van der Waals surface area contributed by atoms with Crippen LogP contribution in [0.2, 0.25) is 0 Å². The van der Waals surface area contributed by atoms with Crippen molar-refractivity contribution in [3.05, 3.63) is 22.3 Å². The quantitative estimate of drug-likeness (QED) is 0.813. The third-order valence-corrected chi connectivity index (χ3v) is 4.20. The van der Waals surface area contributed by atoms with E-state index < -0.39 is 0 Å². The summed E-state index contributed by atoms with van der Waals surface area (Å²) in [4.78, 5) is 16.3. The number of carbonyl (C=O) groups is 1. The van der Waals surface area contributed by atoms with Crippen molar-refractivity contribution in [2.45, 2.75) is 47.0 Å². The van der Waals surface area contributed by atoms with Crippen molar-refractivity contribution >= 4 is 27.7 Å². The van der Waals surface area contributed by atoms with Gasteiger partial charge in [0.05, 0.1) is 0 Å². The number of aryl methyl sites for hydroxylation is 1. The Morgan fingerprint density at radius 2 is 2.10 bits per heavy atom. The molecule has 21 heavy (non-hydrogen) atoms. The van der Waals surface area contributed by atoms with E-state index in [1.165, 1.54) is 0 Å². The highest BCUT2D eigenvalue weighted by molar-refractivity contribution is 9.10. The van der Waals surface area contributed by atoms with Crippen LogP contribution in [0.15, 0.2) is 16.7 Å². The molecular formula is C16H26BrN3O. The molecule has 0 radical (unpaired) electrons. The summed E-state index contributed by atoms with van der Waals surface area (Å²) >= 11 is 3.36. The Kier molecular flexibility index (Phi) is 6.81. The minimum Gasteiger partial charge on any atom is -0.330 e. The predicted molar refractivity (Wildman–Crippen MR) is 91.2 cm³/mol. The van der Waals surface area contributed by atoms with Crippen LogP contribution >= 0.6 is 15.9 Å². The SMILES string of the molecule is Cc1cc(Br)cnc1NC(=O)CCC(CCN)C(C)(C)C. The Labute approximate surface area is 136 Å². The highest BCUT2D eigenvalue weighted by Crippen LogP contribution is 2.32. The van der Waals surface area contributed by atoms with E-state index in [-0.39, 0.29) is 11.3 Å². The number of hydrogen-bond donors (Lipinski definition) is 2. The van der Waals surface area contributed by atoms with E-state index in [9.17, 15) is 4.79 Å². The van der Waals surface area contributed by atoms with Gasteiger partial charge >= 0.3 is 0 Å². The van der Waals surface area contributed by atoms with Gasteiger partial charge in [0.1, 0.15) is 5.82 Å². The van der Waals surface area contributed by atoms with Gasteiger partial charge in [0.25, 0.3) is 0 Å². The molecule has 0 spiro atoms. The van der Waals surface area contributed by atoms with Crippen LogP contribution in [0.3, 0.4) is 0 Å². The van der Waals surface area contributed by atoms with E-state index in [1.807, 2.05) is 13.0 Å². The molecule has 1 aromatic rings. The topological polar surface area (TPSA) is 68.0 Å². The number of nitrogens with two attached hydrogens (primary N) is 1. The van der Waals surface area contributed by atoms with Crippen molar-refractivity contribution in [2.75, 3.05) is 11.9 Å². The molecule has 1 amide bonds. The maximum absolute atomic E-state index is 12.1. The molecule has 0 saturated carbocycles. The summed E-state index contributed by atoms with van der Waals surface area (Å²) in [5.41, 5.74) is 6.80. The van der Waals surface area contributed by atoms with Gasteiger partial charge in [-0.05, 0) is 65.2 Å². The van der Waals surface area contributed by atoms with Gasteiger partial charge in [-0.3, -0.25) is 4.79 Å². The van der Waals surface area contributed by atoms with Crippen LogP contribution in [-0.4, -0.2) is 17.4 Å². The number of aromatic nitrogens is 1. The van der Waals surface area contributed by atoms with Gasteiger partial charge in [0.15, 0.2) is 0 Å². The summed E-state index contributed by atoms with van der Waals surface area (Å²) in [6, 6.07) is 1.94. The average molecular weight is 356 g/mol. The maximum atomic E-state index is 12.1. The highest BCUT2D eigenvalue weighted by atomic mass is 79.9. The molecule has 0 bridgehead atoms. The molecule has 1 unspecified atom stereocenters. The largest absolute Gasteiger partial charge is 0.330 e. The molecular weight excluding hydrogens is 330 g/mol. The van der Waals surface area contributed by atoms with Crippen LogP contribution < -0.4 is 11.1 Å². The third kappa shape index (κ3) is 6.14. The molecule has 1 atom stereocenters. The first-order chi connectivity index (χ1) is 9.74. The Hall–Kier alpha value is -0.940. The molecule has 4 nitrogen and oxygen atoms in total. The van der Waals surface area contributed by atoms with Gasteiger partial charge in [0.2, 0.25) is 5.91 Å². The molecule has 0 fully saturated rings. The number of carbonyl (C=O) groups excluding carboxylic acids is 1. The Balaban J connectivity index is 2.57. The Bertz CT molecular complexity index is 483. The summed E-state index contributed by atoms with van der Waals surface area (Å²) in [7, 11) is 0. The normalized spacial score (nSPS) is 13.0. The second-order valence-electron chi connectivity index (χ2n) is 6.55. The van der Waals surface area contributed by atoms with E-state index in [0.717, 1.165) is 22.9 Å². The van der Waals surface area contributed by atoms with Crippen molar-refractivity contribution in [1.82, 2.24) is 4.98 Å². The molecule has 118 valence electrons. The molecule has 5 heteroatoms. The second kappa shape index (κ2) is 7.90. The summed E-state index contributed by atoms with van der Waals surface area (Å²) in [5, 5.41) is 2.88. The van der Waals surface area contributed by atoms with E-state index in [2.05, 4.69) is 47.0 Å². The van der Waals surface area contributed by atoms with Gasteiger partial charge in [0, 0.05) is 17.1 Å². The van der Waals surface area contributed by atoms with Crippen LogP contribution in [0.25, 0.3) is 0 Å². The van der Waals surface area contributed by atoms with Crippen molar-refractivity contribution in [1.29, 1.82) is 0 Å². The monoisotopic (exact) mass is 355 g/mol. The molecule has 0 aliphatic carbocycles.